The maximum atomic E-state index is 12.4. The van der Waals surface area contributed by atoms with Crippen molar-refractivity contribution in [2.75, 3.05) is 19.6 Å². The number of Topliss-reactive ketones (excluding diaryl/α,β-unsaturated/α-hetero) is 1. The Bertz CT molecular complexity index is 613. The van der Waals surface area contributed by atoms with Crippen molar-refractivity contribution < 1.29 is 14.5 Å². The van der Waals surface area contributed by atoms with Crippen LogP contribution in [0.15, 0.2) is 12.1 Å². The molecule has 26 heavy (non-hydrogen) atoms. The fourth-order valence-corrected chi connectivity index (χ4v) is 5.52. The summed E-state index contributed by atoms with van der Waals surface area (Å²) in [6, 6.07) is 3.84. The summed E-state index contributed by atoms with van der Waals surface area (Å²) in [5.74, 6) is 0.125. The van der Waals surface area contributed by atoms with Crippen LogP contribution in [0, 0.1) is 6.92 Å². The Labute approximate surface area is 161 Å². The van der Waals surface area contributed by atoms with Gasteiger partial charge in [0, 0.05) is 30.6 Å². The third kappa shape index (κ3) is 4.95. The van der Waals surface area contributed by atoms with Gasteiger partial charge in [-0.15, -0.1) is 11.3 Å². The van der Waals surface area contributed by atoms with Crippen LogP contribution in [-0.4, -0.2) is 36.9 Å². The highest BCUT2D eigenvalue weighted by atomic mass is 32.1. The van der Waals surface area contributed by atoms with Crippen LogP contribution < -0.4 is 10.2 Å². The van der Waals surface area contributed by atoms with E-state index in [1.54, 1.807) is 4.90 Å². The van der Waals surface area contributed by atoms with Gasteiger partial charge in [-0.25, -0.2) is 0 Å². The van der Waals surface area contributed by atoms with Gasteiger partial charge in [-0.3, -0.25) is 9.59 Å². The van der Waals surface area contributed by atoms with Crippen LogP contribution in [0.3, 0.4) is 0 Å². The van der Waals surface area contributed by atoms with Gasteiger partial charge in [-0.05, 0) is 51.2 Å². The van der Waals surface area contributed by atoms with E-state index in [4.69, 9.17) is 0 Å². The number of hydrogen-bond acceptors (Lipinski definition) is 3. The van der Waals surface area contributed by atoms with E-state index in [9.17, 15) is 9.59 Å². The Kier molecular flexibility index (Phi) is 6.87. The first kappa shape index (κ1) is 19.6. The number of carbonyl (C=O) groups is 2. The van der Waals surface area contributed by atoms with E-state index in [1.807, 2.05) is 19.1 Å². The summed E-state index contributed by atoms with van der Waals surface area (Å²) in [4.78, 5) is 28.2. The van der Waals surface area contributed by atoms with E-state index in [-0.39, 0.29) is 17.2 Å². The van der Waals surface area contributed by atoms with Crippen molar-refractivity contribution in [1.82, 2.24) is 5.32 Å². The number of amides is 1. The number of nitrogens with one attached hydrogen (secondary N) is 2. The van der Waals surface area contributed by atoms with Gasteiger partial charge in [-0.2, -0.15) is 0 Å². The van der Waals surface area contributed by atoms with E-state index in [1.165, 1.54) is 75.8 Å². The molecule has 1 aliphatic carbocycles. The van der Waals surface area contributed by atoms with Crippen molar-refractivity contribution in [3.8, 4) is 0 Å². The summed E-state index contributed by atoms with van der Waals surface area (Å²) in [7, 11) is 0. The first-order valence-corrected chi connectivity index (χ1v) is 11.1. The molecule has 2 heterocycles. The van der Waals surface area contributed by atoms with Crippen LogP contribution in [0.2, 0.25) is 0 Å². The van der Waals surface area contributed by atoms with Crippen LogP contribution in [0.25, 0.3) is 0 Å². The predicted molar refractivity (Wildman–Crippen MR) is 106 cm³/mol. The van der Waals surface area contributed by atoms with Crippen LogP contribution in [0.4, 0.5) is 0 Å². The number of thiophene rings is 1. The van der Waals surface area contributed by atoms with E-state index >= 15 is 0 Å². The lowest BCUT2D eigenvalue weighted by Gasteiger charge is -2.45. The number of quaternary nitrogens is 1. The van der Waals surface area contributed by atoms with Gasteiger partial charge in [0.1, 0.15) is 5.54 Å². The lowest BCUT2D eigenvalue weighted by molar-refractivity contribution is -0.957. The molecule has 1 aromatic heterocycles. The molecule has 1 saturated carbocycles. The molecular weight excluding hydrogens is 344 g/mol. The lowest BCUT2D eigenvalue weighted by Crippen LogP contribution is -3.22. The molecule has 0 bridgehead atoms. The fourth-order valence-electron chi connectivity index (χ4n) is 4.68. The number of piperidine rings is 1. The smallest absolute Gasteiger partial charge is 0.220 e. The minimum absolute atomic E-state index is 0.0352. The highest BCUT2D eigenvalue weighted by molar-refractivity contribution is 7.14. The first-order chi connectivity index (χ1) is 12.6. The van der Waals surface area contributed by atoms with Crippen molar-refractivity contribution in [3.05, 3.63) is 21.9 Å². The highest BCUT2D eigenvalue weighted by Crippen LogP contribution is 2.26. The van der Waals surface area contributed by atoms with Gasteiger partial charge >= 0.3 is 0 Å². The molecule has 0 radical (unpaired) electrons. The zero-order chi connectivity index (χ0) is 18.4. The van der Waals surface area contributed by atoms with Gasteiger partial charge in [0.25, 0.3) is 0 Å². The average Bonchev–Trinajstić information content (AvgIpc) is 3.12. The van der Waals surface area contributed by atoms with Crippen LogP contribution in [0.1, 0.15) is 78.8 Å². The molecule has 0 unspecified atom stereocenters. The summed E-state index contributed by atoms with van der Waals surface area (Å²) in [6.07, 6.45) is 11.0. The molecule has 1 aliphatic heterocycles. The molecule has 1 saturated heterocycles. The summed E-state index contributed by atoms with van der Waals surface area (Å²) in [6.45, 7) is 5.30. The molecule has 0 spiro atoms. The van der Waals surface area contributed by atoms with Gasteiger partial charge in [0.2, 0.25) is 5.91 Å². The number of ketones is 1. The number of rotatable bonds is 7. The molecule has 1 aromatic rings. The van der Waals surface area contributed by atoms with Crippen molar-refractivity contribution in [2.24, 2.45) is 0 Å². The SMILES string of the molecule is Cc1ccc(C(=O)CCC(=O)NCC2([NH+]3CCCCC3)CCCCC2)s1. The third-order valence-electron chi connectivity index (χ3n) is 6.24. The molecule has 5 heteroatoms. The molecular formula is C21H33N2O2S+. The van der Waals surface area contributed by atoms with E-state index in [0.717, 1.165) is 16.3 Å². The molecule has 4 nitrogen and oxygen atoms in total. The zero-order valence-corrected chi connectivity index (χ0v) is 16.9. The number of likely N-dealkylation sites (tertiary alicyclic amines) is 1. The maximum absolute atomic E-state index is 12.4. The molecule has 3 rings (SSSR count). The predicted octanol–water partition coefficient (Wildman–Crippen LogP) is 2.91. The van der Waals surface area contributed by atoms with Crippen molar-refractivity contribution in [2.45, 2.75) is 76.7 Å². The molecule has 0 atom stereocenters. The Morgan fingerprint density at radius 2 is 1.73 bits per heavy atom. The number of aryl methyl sites for hydroxylation is 1. The summed E-state index contributed by atoms with van der Waals surface area (Å²) >= 11 is 1.52. The molecule has 2 aliphatic rings. The monoisotopic (exact) mass is 377 g/mol. The standard InChI is InChI=1S/C21H32N2O2S/c1-17-8-10-19(26-17)18(24)9-11-20(25)22-16-21(12-4-2-5-13-21)23-14-6-3-7-15-23/h8,10H,2-7,9,11-16H2,1H3,(H,22,25)/p+1. The molecule has 2 N–H and O–H groups in total. The molecule has 1 amide bonds. The Balaban J connectivity index is 1.50. The lowest BCUT2D eigenvalue weighted by atomic mass is 9.79. The maximum Gasteiger partial charge on any atom is 0.220 e. The Hall–Kier alpha value is -1.20. The average molecular weight is 378 g/mol. The largest absolute Gasteiger partial charge is 0.350 e. The highest BCUT2D eigenvalue weighted by Gasteiger charge is 2.42. The Morgan fingerprint density at radius 1 is 1.04 bits per heavy atom. The first-order valence-electron chi connectivity index (χ1n) is 10.3. The molecule has 144 valence electrons. The van der Waals surface area contributed by atoms with Crippen LogP contribution in [0.5, 0.6) is 0 Å². The van der Waals surface area contributed by atoms with Crippen LogP contribution >= 0.6 is 11.3 Å². The molecule has 0 aromatic carbocycles. The minimum atomic E-state index is 0.0352. The van der Waals surface area contributed by atoms with E-state index in [0.29, 0.717) is 12.8 Å². The van der Waals surface area contributed by atoms with Gasteiger partial charge in [0.15, 0.2) is 5.78 Å². The second-order valence-electron chi connectivity index (χ2n) is 8.12. The number of carbonyl (C=O) groups excluding carboxylic acids is 2. The van der Waals surface area contributed by atoms with Crippen molar-refractivity contribution >= 4 is 23.0 Å². The third-order valence-corrected chi connectivity index (χ3v) is 7.28. The van der Waals surface area contributed by atoms with E-state index < -0.39 is 0 Å². The molecule has 2 fully saturated rings. The zero-order valence-electron chi connectivity index (χ0n) is 16.1. The minimum Gasteiger partial charge on any atom is -0.350 e. The van der Waals surface area contributed by atoms with Crippen LogP contribution in [-0.2, 0) is 4.79 Å². The fraction of sp³-hybridized carbons (Fsp3) is 0.714. The Morgan fingerprint density at radius 3 is 2.38 bits per heavy atom. The van der Waals surface area contributed by atoms with Gasteiger partial charge in [-0.1, -0.05) is 6.42 Å². The summed E-state index contributed by atoms with van der Waals surface area (Å²) in [5.41, 5.74) is 0.239. The number of hydrogen-bond donors (Lipinski definition) is 2. The summed E-state index contributed by atoms with van der Waals surface area (Å²) in [5, 5.41) is 3.19. The van der Waals surface area contributed by atoms with Gasteiger partial charge in [0.05, 0.1) is 24.5 Å². The normalized spacial score (nSPS) is 20.7. The van der Waals surface area contributed by atoms with Crippen molar-refractivity contribution in [3.63, 3.8) is 0 Å². The second kappa shape index (κ2) is 9.14. The quantitative estimate of drug-likeness (QED) is 0.718. The summed E-state index contributed by atoms with van der Waals surface area (Å²) < 4.78 is 0. The second-order valence-corrected chi connectivity index (χ2v) is 9.40. The van der Waals surface area contributed by atoms with Gasteiger partial charge < -0.3 is 10.2 Å². The van der Waals surface area contributed by atoms with Crippen molar-refractivity contribution in [1.29, 1.82) is 0 Å². The topological polar surface area (TPSA) is 50.6 Å². The van der Waals surface area contributed by atoms with E-state index in [2.05, 4.69) is 5.32 Å².